The summed E-state index contributed by atoms with van der Waals surface area (Å²) in [6.07, 6.45) is 1.04. The van der Waals surface area contributed by atoms with Crippen molar-refractivity contribution in [2.45, 2.75) is 26.4 Å². The fourth-order valence-electron chi connectivity index (χ4n) is 6.20. The second-order valence-corrected chi connectivity index (χ2v) is 10.7. The number of hydrogen-bond donors (Lipinski definition) is 2. The van der Waals surface area contributed by atoms with E-state index in [1.165, 1.54) is 66.1 Å². The molecule has 0 saturated heterocycles. The highest BCUT2D eigenvalue weighted by Gasteiger charge is 2.24. The van der Waals surface area contributed by atoms with Gasteiger partial charge >= 0.3 is 0 Å². The molecule has 1 aliphatic rings. The SMILES string of the molecule is CCCNC1=NCc2c(-c3ccccc3)cc3ccccc3c2-c2c(c(-c3ccccc3)cc3ccccc23)CN1. The Morgan fingerprint density at radius 1 is 0.634 bits per heavy atom. The van der Waals surface area contributed by atoms with E-state index in [9.17, 15) is 0 Å². The number of guanidine groups is 1. The summed E-state index contributed by atoms with van der Waals surface area (Å²) in [6, 6.07) is 44.0. The van der Waals surface area contributed by atoms with Crippen LogP contribution in [0.2, 0.25) is 0 Å². The molecule has 2 N–H and O–H groups in total. The Labute approximate surface area is 241 Å². The van der Waals surface area contributed by atoms with Crippen molar-refractivity contribution in [2.24, 2.45) is 4.99 Å². The smallest absolute Gasteiger partial charge is 0.191 e. The minimum Gasteiger partial charge on any atom is -0.356 e. The molecule has 0 fully saturated rings. The maximum atomic E-state index is 5.17. The zero-order chi connectivity index (χ0) is 27.6. The van der Waals surface area contributed by atoms with Gasteiger partial charge in [0.25, 0.3) is 0 Å². The summed E-state index contributed by atoms with van der Waals surface area (Å²) in [4.78, 5) is 5.17. The van der Waals surface area contributed by atoms with Crippen molar-refractivity contribution < 1.29 is 0 Å². The summed E-state index contributed by atoms with van der Waals surface area (Å²) in [6.45, 7) is 4.31. The maximum Gasteiger partial charge on any atom is 0.191 e. The van der Waals surface area contributed by atoms with E-state index in [1.54, 1.807) is 0 Å². The highest BCUT2D eigenvalue weighted by Crippen LogP contribution is 2.46. The molecule has 3 heteroatoms. The first-order valence-electron chi connectivity index (χ1n) is 14.5. The number of benzene rings is 6. The molecular weight excluding hydrogens is 498 g/mol. The first-order valence-corrected chi connectivity index (χ1v) is 14.5. The second-order valence-electron chi connectivity index (χ2n) is 10.7. The minimum absolute atomic E-state index is 0.576. The third kappa shape index (κ3) is 4.64. The van der Waals surface area contributed by atoms with E-state index in [4.69, 9.17) is 4.99 Å². The van der Waals surface area contributed by atoms with E-state index in [0.29, 0.717) is 13.1 Å². The van der Waals surface area contributed by atoms with Crippen LogP contribution in [0.15, 0.2) is 126 Å². The Morgan fingerprint density at radius 2 is 1.15 bits per heavy atom. The normalized spacial score (nSPS) is 12.9. The first-order chi connectivity index (χ1) is 20.3. The summed E-state index contributed by atoms with van der Waals surface area (Å²) < 4.78 is 0. The van der Waals surface area contributed by atoms with Gasteiger partial charge in [-0.25, -0.2) is 4.99 Å². The van der Waals surface area contributed by atoms with E-state index in [1.807, 2.05) is 0 Å². The fourth-order valence-corrected chi connectivity index (χ4v) is 6.20. The quantitative estimate of drug-likeness (QED) is 0.238. The lowest BCUT2D eigenvalue weighted by Crippen LogP contribution is -2.37. The Bertz CT molecular complexity index is 1890. The van der Waals surface area contributed by atoms with E-state index in [-0.39, 0.29) is 0 Å². The molecule has 3 nitrogen and oxygen atoms in total. The number of aliphatic imine (C=N–C) groups is 1. The maximum absolute atomic E-state index is 5.17. The van der Waals surface area contributed by atoms with Crippen LogP contribution in [0.3, 0.4) is 0 Å². The molecule has 0 aromatic heterocycles. The molecule has 0 amide bonds. The predicted molar refractivity (Wildman–Crippen MR) is 174 cm³/mol. The highest BCUT2D eigenvalue weighted by molar-refractivity contribution is 6.12. The zero-order valence-electron chi connectivity index (χ0n) is 23.3. The Balaban J connectivity index is 1.65. The molecule has 1 heterocycles. The van der Waals surface area contributed by atoms with Crippen molar-refractivity contribution in [2.75, 3.05) is 6.54 Å². The van der Waals surface area contributed by atoms with Crippen LogP contribution in [0, 0.1) is 0 Å². The molecule has 0 spiro atoms. The summed E-state index contributed by atoms with van der Waals surface area (Å²) >= 11 is 0. The molecule has 0 radical (unpaired) electrons. The van der Waals surface area contributed by atoms with Gasteiger partial charge in [0.2, 0.25) is 0 Å². The van der Waals surface area contributed by atoms with Crippen molar-refractivity contribution in [3.63, 3.8) is 0 Å². The van der Waals surface area contributed by atoms with E-state index in [0.717, 1.165) is 18.9 Å². The van der Waals surface area contributed by atoms with Gasteiger partial charge in [-0.05, 0) is 84.6 Å². The minimum atomic E-state index is 0.576. The van der Waals surface area contributed by atoms with Gasteiger partial charge in [0.15, 0.2) is 5.96 Å². The summed E-state index contributed by atoms with van der Waals surface area (Å²) in [5.41, 5.74) is 10.1. The summed E-state index contributed by atoms with van der Waals surface area (Å²) in [5, 5.41) is 12.3. The average Bonchev–Trinajstić information content (AvgIpc) is 3.12. The molecule has 0 aliphatic carbocycles. The molecule has 200 valence electrons. The number of nitrogens with zero attached hydrogens (tertiary/aromatic N) is 1. The van der Waals surface area contributed by atoms with E-state index in [2.05, 4.69) is 139 Å². The van der Waals surface area contributed by atoms with Crippen LogP contribution in [0.5, 0.6) is 0 Å². The van der Waals surface area contributed by atoms with Gasteiger partial charge in [-0.15, -0.1) is 0 Å². The van der Waals surface area contributed by atoms with E-state index >= 15 is 0 Å². The van der Waals surface area contributed by atoms with Crippen LogP contribution in [0.1, 0.15) is 24.5 Å². The lowest BCUT2D eigenvalue weighted by Gasteiger charge is -2.23. The molecule has 6 aromatic carbocycles. The van der Waals surface area contributed by atoms with E-state index < -0.39 is 0 Å². The monoisotopic (exact) mass is 531 g/mol. The van der Waals surface area contributed by atoms with Crippen LogP contribution >= 0.6 is 0 Å². The molecule has 0 atom stereocenters. The second kappa shape index (κ2) is 10.9. The van der Waals surface area contributed by atoms with Crippen LogP contribution < -0.4 is 10.6 Å². The standard InChI is InChI=1S/C38H33N3/c1-2-21-39-38-40-24-34-32(26-13-5-3-6-14-26)22-28-17-9-11-19-30(28)36(34)37-31-20-12-10-18-29(31)23-33(35(37)25-41-38)27-15-7-4-8-16-27/h3-20,22-23H,2,21,24-25H2,1H3,(H2,39,40,41). The van der Waals surface area contributed by atoms with Crippen molar-refractivity contribution in [3.8, 4) is 33.4 Å². The lowest BCUT2D eigenvalue weighted by atomic mass is 9.81. The molecule has 0 saturated carbocycles. The molecule has 41 heavy (non-hydrogen) atoms. The number of hydrogen-bond acceptors (Lipinski definition) is 3. The van der Waals surface area contributed by atoms with Crippen LogP contribution in [0.25, 0.3) is 54.9 Å². The molecular formula is C38H33N3. The molecule has 7 rings (SSSR count). The number of nitrogens with one attached hydrogen (secondary N) is 2. The molecule has 6 aromatic rings. The lowest BCUT2D eigenvalue weighted by molar-refractivity contribution is 0.776. The Morgan fingerprint density at radius 3 is 1.73 bits per heavy atom. The fraction of sp³-hybridized carbons (Fsp3) is 0.132. The third-order valence-corrected chi connectivity index (χ3v) is 8.10. The van der Waals surface area contributed by atoms with Gasteiger partial charge in [-0.2, -0.15) is 0 Å². The highest BCUT2D eigenvalue weighted by atomic mass is 15.2. The average molecular weight is 532 g/mol. The topological polar surface area (TPSA) is 36.4 Å². The number of fused-ring (bicyclic) bond motifs is 7. The van der Waals surface area contributed by atoms with Crippen LogP contribution in [-0.2, 0) is 13.1 Å². The summed E-state index contributed by atoms with van der Waals surface area (Å²) in [5.74, 6) is 0.852. The van der Waals surface area contributed by atoms with Gasteiger partial charge in [-0.3, -0.25) is 0 Å². The van der Waals surface area contributed by atoms with Gasteiger partial charge in [0.1, 0.15) is 0 Å². The first kappa shape index (κ1) is 25.1. The van der Waals surface area contributed by atoms with Crippen molar-refractivity contribution in [1.29, 1.82) is 0 Å². The van der Waals surface area contributed by atoms with Crippen LogP contribution in [0.4, 0.5) is 0 Å². The third-order valence-electron chi connectivity index (χ3n) is 8.10. The number of rotatable bonds is 4. The van der Waals surface area contributed by atoms with Gasteiger partial charge in [0.05, 0.1) is 6.54 Å². The van der Waals surface area contributed by atoms with Crippen molar-refractivity contribution in [3.05, 3.63) is 132 Å². The zero-order valence-corrected chi connectivity index (χ0v) is 23.3. The molecule has 1 aliphatic heterocycles. The Hall–Kier alpha value is -4.89. The predicted octanol–water partition coefficient (Wildman–Crippen LogP) is 8.95. The van der Waals surface area contributed by atoms with Gasteiger partial charge in [-0.1, -0.05) is 116 Å². The van der Waals surface area contributed by atoms with Crippen LogP contribution in [-0.4, -0.2) is 12.5 Å². The largest absolute Gasteiger partial charge is 0.356 e. The van der Waals surface area contributed by atoms with Gasteiger partial charge < -0.3 is 10.6 Å². The van der Waals surface area contributed by atoms with Crippen molar-refractivity contribution in [1.82, 2.24) is 10.6 Å². The van der Waals surface area contributed by atoms with Crippen molar-refractivity contribution >= 4 is 27.5 Å². The summed E-state index contributed by atoms with van der Waals surface area (Å²) in [7, 11) is 0. The van der Waals surface area contributed by atoms with Gasteiger partial charge in [0, 0.05) is 13.1 Å². The molecule has 0 bridgehead atoms. The molecule has 0 unspecified atom stereocenters. The Kier molecular flexibility index (Phi) is 6.70.